The second-order valence-corrected chi connectivity index (χ2v) is 5.68. The third kappa shape index (κ3) is 2.12. The van der Waals surface area contributed by atoms with Crippen LogP contribution in [0.3, 0.4) is 0 Å². The van der Waals surface area contributed by atoms with Gasteiger partial charge in [0, 0.05) is 6.61 Å². The van der Waals surface area contributed by atoms with Crippen LogP contribution in [-0.2, 0) is 4.74 Å². The number of rotatable bonds is 2. The predicted molar refractivity (Wildman–Crippen MR) is 65.9 cm³/mol. The van der Waals surface area contributed by atoms with Gasteiger partial charge < -0.3 is 14.9 Å². The van der Waals surface area contributed by atoms with Crippen molar-refractivity contribution in [3.63, 3.8) is 0 Å². The van der Waals surface area contributed by atoms with E-state index in [1.54, 1.807) is 6.07 Å². The molecule has 1 spiro atoms. The average Bonchev–Trinajstić information content (AvgIpc) is 2.73. The molecular formula is C13H18ClNO2. The molecule has 0 bridgehead atoms. The predicted octanol–water partition coefficient (Wildman–Crippen LogP) is 3.28. The molecule has 2 fully saturated rings. The molecule has 2 atom stereocenters. The van der Waals surface area contributed by atoms with Crippen LogP contribution in [0.1, 0.15) is 43.9 Å². The Morgan fingerprint density at radius 1 is 1.41 bits per heavy atom. The Hall–Kier alpha value is -0.510. The maximum atomic E-state index is 6.28. The van der Waals surface area contributed by atoms with Gasteiger partial charge >= 0.3 is 0 Å². The summed E-state index contributed by atoms with van der Waals surface area (Å²) in [6, 6.07) is 3.59. The summed E-state index contributed by atoms with van der Waals surface area (Å²) >= 11 is 5.79. The summed E-state index contributed by atoms with van der Waals surface area (Å²) in [4.78, 5) is 0. The Morgan fingerprint density at radius 2 is 2.24 bits per heavy atom. The van der Waals surface area contributed by atoms with Gasteiger partial charge in [-0.05, 0) is 61.8 Å². The fraction of sp³-hybridized carbons (Fsp3) is 0.692. The quantitative estimate of drug-likeness (QED) is 0.882. The van der Waals surface area contributed by atoms with Crippen LogP contribution in [0, 0.1) is 5.92 Å². The number of nitrogens with two attached hydrogens (primary N) is 1. The first-order valence-electron chi connectivity index (χ1n) is 6.33. The highest BCUT2D eigenvalue weighted by Gasteiger charge is 2.44. The molecule has 2 unspecified atom stereocenters. The highest BCUT2D eigenvalue weighted by atomic mass is 35.5. The van der Waals surface area contributed by atoms with Gasteiger partial charge in [0.2, 0.25) is 0 Å². The van der Waals surface area contributed by atoms with Crippen molar-refractivity contribution >= 4 is 11.6 Å². The van der Waals surface area contributed by atoms with E-state index in [-0.39, 0.29) is 11.6 Å². The van der Waals surface area contributed by atoms with Crippen molar-refractivity contribution in [2.45, 2.75) is 43.7 Å². The molecule has 1 saturated carbocycles. The number of furan rings is 1. The van der Waals surface area contributed by atoms with Crippen molar-refractivity contribution in [1.82, 2.24) is 0 Å². The van der Waals surface area contributed by atoms with Gasteiger partial charge in [-0.2, -0.15) is 0 Å². The van der Waals surface area contributed by atoms with Crippen LogP contribution in [0.2, 0.25) is 5.22 Å². The largest absolute Gasteiger partial charge is 0.448 e. The molecule has 1 aromatic rings. The van der Waals surface area contributed by atoms with Gasteiger partial charge in [0.25, 0.3) is 0 Å². The Kier molecular flexibility index (Phi) is 2.93. The van der Waals surface area contributed by atoms with E-state index in [9.17, 15) is 0 Å². The van der Waals surface area contributed by atoms with Gasteiger partial charge in [-0.15, -0.1) is 0 Å². The molecule has 0 radical (unpaired) electrons. The summed E-state index contributed by atoms with van der Waals surface area (Å²) in [5, 5.41) is 0.417. The van der Waals surface area contributed by atoms with Gasteiger partial charge in [0.15, 0.2) is 5.22 Å². The lowest BCUT2D eigenvalue weighted by Gasteiger charge is -2.48. The highest BCUT2D eigenvalue weighted by Crippen LogP contribution is 2.46. The first-order chi connectivity index (χ1) is 8.19. The average molecular weight is 256 g/mol. The molecule has 3 nitrogen and oxygen atoms in total. The van der Waals surface area contributed by atoms with E-state index in [2.05, 4.69) is 0 Å². The zero-order chi connectivity index (χ0) is 11.9. The van der Waals surface area contributed by atoms with Crippen molar-refractivity contribution in [2.75, 3.05) is 6.61 Å². The minimum absolute atomic E-state index is 0.0520. The molecule has 1 aliphatic carbocycles. The SMILES string of the molecule is NC(c1ccc(Cl)o1)C1CCOC2(CCC2)C1. The zero-order valence-corrected chi connectivity index (χ0v) is 10.6. The minimum atomic E-state index is -0.0520. The molecule has 2 N–H and O–H groups in total. The molecule has 1 aromatic heterocycles. The molecule has 1 aliphatic heterocycles. The van der Waals surface area contributed by atoms with Crippen molar-refractivity contribution < 1.29 is 9.15 Å². The summed E-state index contributed by atoms with van der Waals surface area (Å²) in [5.74, 6) is 1.25. The lowest BCUT2D eigenvalue weighted by atomic mass is 9.70. The van der Waals surface area contributed by atoms with Crippen LogP contribution in [0.4, 0.5) is 0 Å². The fourth-order valence-electron chi connectivity index (χ4n) is 3.03. The monoisotopic (exact) mass is 255 g/mol. The molecule has 0 amide bonds. The van der Waals surface area contributed by atoms with Crippen molar-refractivity contribution in [2.24, 2.45) is 11.7 Å². The first kappa shape index (κ1) is 11.6. The van der Waals surface area contributed by atoms with E-state index < -0.39 is 0 Å². The minimum Gasteiger partial charge on any atom is -0.448 e. The zero-order valence-electron chi connectivity index (χ0n) is 9.82. The van der Waals surface area contributed by atoms with Crippen LogP contribution in [0.25, 0.3) is 0 Å². The van der Waals surface area contributed by atoms with Gasteiger partial charge in [0.1, 0.15) is 5.76 Å². The van der Waals surface area contributed by atoms with E-state index in [1.807, 2.05) is 6.07 Å². The van der Waals surface area contributed by atoms with Gasteiger partial charge in [-0.25, -0.2) is 0 Å². The maximum absolute atomic E-state index is 6.28. The number of hydrogen-bond acceptors (Lipinski definition) is 3. The van der Waals surface area contributed by atoms with Crippen LogP contribution >= 0.6 is 11.6 Å². The molecule has 1 saturated heterocycles. The second kappa shape index (κ2) is 4.30. The van der Waals surface area contributed by atoms with Crippen LogP contribution < -0.4 is 5.73 Å². The van der Waals surface area contributed by atoms with E-state index in [0.29, 0.717) is 11.1 Å². The van der Waals surface area contributed by atoms with Crippen molar-refractivity contribution in [3.8, 4) is 0 Å². The van der Waals surface area contributed by atoms with E-state index in [4.69, 9.17) is 26.5 Å². The summed E-state index contributed by atoms with van der Waals surface area (Å²) in [6.07, 6.45) is 5.74. The lowest BCUT2D eigenvalue weighted by Crippen LogP contribution is -2.47. The van der Waals surface area contributed by atoms with Gasteiger partial charge in [-0.3, -0.25) is 0 Å². The summed E-state index contributed by atoms with van der Waals surface area (Å²) in [5.41, 5.74) is 6.41. The molecule has 3 rings (SSSR count). The molecule has 94 valence electrons. The topological polar surface area (TPSA) is 48.4 Å². The van der Waals surface area contributed by atoms with Crippen molar-refractivity contribution in [3.05, 3.63) is 23.1 Å². The smallest absolute Gasteiger partial charge is 0.193 e. The van der Waals surface area contributed by atoms with Gasteiger partial charge in [0.05, 0.1) is 11.6 Å². The Labute approximate surface area is 106 Å². The van der Waals surface area contributed by atoms with Crippen molar-refractivity contribution in [1.29, 1.82) is 0 Å². The standard InChI is InChI=1S/C13H18ClNO2/c14-11-3-2-10(17-11)12(15)9-4-7-16-13(8-9)5-1-6-13/h2-3,9,12H,1,4-8,15H2. The summed E-state index contributed by atoms with van der Waals surface area (Å²) in [7, 11) is 0. The normalized spacial score (nSPS) is 28.9. The van der Waals surface area contributed by atoms with E-state index in [1.165, 1.54) is 19.3 Å². The van der Waals surface area contributed by atoms with Crippen LogP contribution in [-0.4, -0.2) is 12.2 Å². The van der Waals surface area contributed by atoms with E-state index >= 15 is 0 Å². The Balaban J connectivity index is 1.71. The molecule has 17 heavy (non-hydrogen) atoms. The van der Waals surface area contributed by atoms with Crippen LogP contribution in [0.15, 0.2) is 16.5 Å². The lowest BCUT2D eigenvalue weighted by molar-refractivity contribution is -0.146. The molecule has 2 heterocycles. The number of hydrogen-bond donors (Lipinski definition) is 1. The molecule has 0 aromatic carbocycles. The second-order valence-electron chi connectivity index (χ2n) is 5.31. The van der Waals surface area contributed by atoms with E-state index in [0.717, 1.165) is 25.2 Å². The number of ether oxygens (including phenoxy) is 1. The first-order valence-corrected chi connectivity index (χ1v) is 6.71. The molecular weight excluding hydrogens is 238 g/mol. The summed E-state index contributed by atoms with van der Waals surface area (Å²) in [6.45, 7) is 0.826. The van der Waals surface area contributed by atoms with Gasteiger partial charge in [-0.1, -0.05) is 0 Å². The Bertz CT molecular complexity index is 400. The third-order valence-electron chi connectivity index (χ3n) is 4.23. The highest BCUT2D eigenvalue weighted by molar-refractivity contribution is 6.28. The maximum Gasteiger partial charge on any atom is 0.193 e. The Morgan fingerprint density at radius 3 is 2.82 bits per heavy atom. The third-order valence-corrected chi connectivity index (χ3v) is 4.43. The van der Waals surface area contributed by atoms with Crippen LogP contribution in [0.5, 0.6) is 0 Å². The number of halogens is 1. The fourth-order valence-corrected chi connectivity index (χ4v) is 3.18. The molecule has 2 aliphatic rings. The summed E-state index contributed by atoms with van der Waals surface area (Å²) < 4.78 is 11.3. The molecule has 4 heteroatoms.